The monoisotopic (exact) mass is 432 g/mol. The molecule has 1 fully saturated rings. The molecule has 6 nitrogen and oxygen atoms in total. The maximum atomic E-state index is 13.2. The van der Waals surface area contributed by atoms with E-state index in [0.717, 1.165) is 22.4 Å². The number of aryl methyl sites for hydroxylation is 1. The number of halogens is 1. The number of benzene rings is 3. The lowest BCUT2D eigenvalue weighted by Crippen LogP contribution is -2.42. The zero-order valence-electron chi connectivity index (χ0n) is 17.7. The van der Waals surface area contributed by atoms with Crippen molar-refractivity contribution in [2.24, 2.45) is 0 Å². The van der Waals surface area contributed by atoms with Crippen molar-refractivity contribution in [3.63, 3.8) is 0 Å². The molecule has 3 aromatic rings. The fraction of sp³-hybridized carbons (Fsp3) is 0.160. The summed E-state index contributed by atoms with van der Waals surface area (Å²) in [6, 6.07) is 19.1. The molecule has 0 unspecified atom stereocenters. The Morgan fingerprint density at radius 3 is 2.31 bits per heavy atom. The average Bonchev–Trinajstić information content (AvgIpc) is 3.09. The molecular formula is C25H23FN3O3+. The molecule has 0 radical (unpaired) electrons. The van der Waals surface area contributed by atoms with Gasteiger partial charge in [-0.15, -0.1) is 10.1 Å². The Bertz CT molecular complexity index is 1160. The third kappa shape index (κ3) is 4.51. The SMILES string of the molecule is COc1ccc(/C=[N+]2\NC(=O)[C@@H](NC(=O)c3ccc(F)cc3)[C@@H]2c2ccc(C)cc2)cc1. The maximum Gasteiger partial charge on any atom is 0.304 e. The molecule has 2 amide bonds. The minimum absolute atomic E-state index is 0.277. The number of rotatable bonds is 5. The summed E-state index contributed by atoms with van der Waals surface area (Å²) in [4.78, 5) is 25.6. The first kappa shape index (κ1) is 21.2. The highest BCUT2D eigenvalue weighted by molar-refractivity contribution is 5.98. The first-order valence-electron chi connectivity index (χ1n) is 10.2. The van der Waals surface area contributed by atoms with E-state index in [1.165, 1.54) is 24.3 Å². The van der Waals surface area contributed by atoms with Crippen molar-refractivity contribution in [2.75, 3.05) is 7.11 Å². The molecule has 1 saturated heterocycles. The lowest BCUT2D eigenvalue weighted by molar-refractivity contribution is -0.596. The first-order chi connectivity index (χ1) is 15.4. The molecular weight excluding hydrogens is 409 g/mol. The normalized spacial score (nSPS) is 19.0. The molecule has 3 aromatic carbocycles. The van der Waals surface area contributed by atoms with Gasteiger partial charge in [0.1, 0.15) is 11.6 Å². The molecule has 4 rings (SSSR count). The zero-order valence-corrected chi connectivity index (χ0v) is 17.7. The van der Waals surface area contributed by atoms with Crippen molar-refractivity contribution in [1.29, 1.82) is 0 Å². The van der Waals surface area contributed by atoms with E-state index in [2.05, 4.69) is 10.7 Å². The predicted octanol–water partition coefficient (Wildman–Crippen LogP) is 3.16. The van der Waals surface area contributed by atoms with Gasteiger partial charge in [0.05, 0.1) is 7.11 Å². The predicted molar refractivity (Wildman–Crippen MR) is 118 cm³/mol. The molecule has 2 N–H and O–H groups in total. The fourth-order valence-electron chi connectivity index (χ4n) is 3.62. The second-order valence-corrected chi connectivity index (χ2v) is 7.60. The Balaban J connectivity index is 1.68. The standard InChI is InChI=1S/C25H22FN3O3/c1-16-3-7-18(8-4-16)23-22(27-24(30)19-9-11-20(26)12-10-19)25(31)28-29(23)15-17-5-13-21(32-2)14-6-17/h3-15,22-23H,1-2H3,(H-,27,28,30,31)/p+1/b29-15-/t22-,23-/m0/s1. The van der Waals surface area contributed by atoms with Crippen LogP contribution in [0.2, 0.25) is 0 Å². The van der Waals surface area contributed by atoms with Gasteiger partial charge < -0.3 is 10.1 Å². The summed E-state index contributed by atoms with van der Waals surface area (Å²) in [7, 11) is 1.60. The summed E-state index contributed by atoms with van der Waals surface area (Å²) >= 11 is 0. The van der Waals surface area contributed by atoms with E-state index < -0.39 is 23.8 Å². The topological polar surface area (TPSA) is 70.4 Å². The molecule has 7 heteroatoms. The lowest BCUT2D eigenvalue weighted by Gasteiger charge is -2.15. The van der Waals surface area contributed by atoms with Crippen LogP contribution in [0.5, 0.6) is 5.75 Å². The van der Waals surface area contributed by atoms with Gasteiger partial charge in [-0.05, 0) is 55.5 Å². The van der Waals surface area contributed by atoms with Crippen LogP contribution >= 0.6 is 0 Å². The van der Waals surface area contributed by atoms with Gasteiger partial charge >= 0.3 is 5.91 Å². The fourth-order valence-corrected chi connectivity index (χ4v) is 3.62. The van der Waals surface area contributed by atoms with Gasteiger partial charge in [0.25, 0.3) is 5.91 Å². The van der Waals surface area contributed by atoms with Crippen molar-refractivity contribution in [3.8, 4) is 5.75 Å². The zero-order chi connectivity index (χ0) is 22.7. The van der Waals surface area contributed by atoms with Crippen molar-refractivity contribution in [3.05, 3.63) is 101 Å². The summed E-state index contributed by atoms with van der Waals surface area (Å²) in [5, 5.41) is 2.81. The quantitative estimate of drug-likeness (QED) is 0.609. The highest BCUT2D eigenvalue weighted by Gasteiger charge is 2.47. The van der Waals surface area contributed by atoms with Gasteiger partial charge in [0, 0.05) is 16.7 Å². The molecule has 32 heavy (non-hydrogen) atoms. The van der Waals surface area contributed by atoms with Gasteiger partial charge in [0.15, 0.2) is 6.04 Å². The van der Waals surface area contributed by atoms with Crippen LogP contribution in [0, 0.1) is 12.7 Å². The summed E-state index contributed by atoms with van der Waals surface area (Å²) < 4.78 is 20.1. The second-order valence-electron chi connectivity index (χ2n) is 7.60. The van der Waals surface area contributed by atoms with Crippen LogP contribution in [0.4, 0.5) is 4.39 Å². The number of nitrogens with zero attached hydrogens (tertiary/aromatic N) is 1. The molecule has 1 heterocycles. The summed E-state index contributed by atoms with van der Waals surface area (Å²) in [5.41, 5.74) is 5.93. The number of hydrogen-bond acceptors (Lipinski definition) is 3. The maximum absolute atomic E-state index is 13.2. The van der Waals surface area contributed by atoms with Gasteiger partial charge in [-0.3, -0.25) is 9.59 Å². The highest BCUT2D eigenvalue weighted by Crippen LogP contribution is 2.26. The van der Waals surface area contributed by atoms with E-state index in [-0.39, 0.29) is 11.5 Å². The van der Waals surface area contributed by atoms with E-state index in [1.54, 1.807) is 11.8 Å². The van der Waals surface area contributed by atoms with Crippen LogP contribution in [0.3, 0.4) is 0 Å². The summed E-state index contributed by atoms with van der Waals surface area (Å²) in [6.45, 7) is 1.98. The van der Waals surface area contributed by atoms with E-state index >= 15 is 0 Å². The van der Waals surface area contributed by atoms with Crippen molar-refractivity contribution in [2.45, 2.75) is 19.0 Å². The molecule has 1 aliphatic rings. The van der Waals surface area contributed by atoms with Crippen LogP contribution < -0.4 is 15.5 Å². The molecule has 0 saturated carbocycles. The largest absolute Gasteiger partial charge is 0.497 e. The number of carbonyl (C=O) groups excluding carboxylic acids is 2. The smallest absolute Gasteiger partial charge is 0.304 e. The molecule has 1 aliphatic heterocycles. The van der Waals surface area contributed by atoms with Gasteiger partial charge in [-0.25, -0.2) is 4.39 Å². The Morgan fingerprint density at radius 2 is 1.69 bits per heavy atom. The minimum Gasteiger partial charge on any atom is -0.497 e. The molecule has 0 bridgehead atoms. The van der Waals surface area contributed by atoms with E-state index in [9.17, 15) is 14.0 Å². The summed E-state index contributed by atoms with van der Waals surface area (Å²) in [6.07, 6.45) is 1.81. The third-order valence-electron chi connectivity index (χ3n) is 5.35. The number of nitrogens with one attached hydrogen (secondary N) is 2. The number of ether oxygens (including phenoxy) is 1. The van der Waals surface area contributed by atoms with Gasteiger partial charge in [-0.2, -0.15) is 0 Å². The molecule has 0 aromatic heterocycles. The van der Waals surface area contributed by atoms with Crippen molar-refractivity contribution in [1.82, 2.24) is 10.7 Å². The number of hydrogen-bond donors (Lipinski definition) is 2. The van der Waals surface area contributed by atoms with Crippen LogP contribution in [0.15, 0.2) is 72.8 Å². The van der Waals surface area contributed by atoms with Crippen molar-refractivity contribution < 1.29 is 23.4 Å². The Hall–Kier alpha value is -4.00. The van der Waals surface area contributed by atoms with Gasteiger partial charge in [-0.1, -0.05) is 29.8 Å². The van der Waals surface area contributed by atoms with Crippen LogP contribution in [-0.4, -0.2) is 35.9 Å². The number of hydrazone groups is 1. The molecule has 0 aliphatic carbocycles. The minimum atomic E-state index is -0.843. The van der Waals surface area contributed by atoms with Crippen molar-refractivity contribution >= 4 is 18.0 Å². The molecule has 0 spiro atoms. The summed E-state index contributed by atoms with van der Waals surface area (Å²) in [5.74, 6) is -0.491. The number of amides is 2. The highest BCUT2D eigenvalue weighted by atomic mass is 19.1. The Morgan fingerprint density at radius 1 is 1.03 bits per heavy atom. The molecule has 2 atom stereocenters. The van der Waals surface area contributed by atoms with Crippen LogP contribution in [0.25, 0.3) is 0 Å². The number of carbonyl (C=O) groups is 2. The molecule has 162 valence electrons. The second kappa shape index (κ2) is 9.01. The van der Waals surface area contributed by atoms with Crippen LogP contribution in [-0.2, 0) is 4.79 Å². The number of hydrazine groups is 1. The lowest BCUT2D eigenvalue weighted by atomic mass is 9.98. The Labute approximate surface area is 185 Å². The van der Waals surface area contributed by atoms with E-state index in [4.69, 9.17) is 4.74 Å². The number of methoxy groups -OCH3 is 1. The Kier molecular flexibility index (Phi) is 5.98. The van der Waals surface area contributed by atoms with Gasteiger partial charge in [0.2, 0.25) is 12.3 Å². The van der Waals surface area contributed by atoms with E-state index in [0.29, 0.717) is 0 Å². The first-order valence-corrected chi connectivity index (χ1v) is 10.2. The third-order valence-corrected chi connectivity index (χ3v) is 5.35. The average molecular weight is 432 g/mol. The van der Waals surface area contributed by atoms with E-state index in [1.807, 2.05) is 61.7 Å². The van der Waals surface area contributed by atoms with Crippen LogP contribution in [0.1, 0.15) is 33.1 Å².